The van der Waals surface area contributed by atoms with Crippen LogP contribution in [0.1, 0.15) is 51.4 Å². The molecule has 0 aromatic heterocycles. The van der Waals surface area contributed by atoms with Gasteiger partial charge in [0.1, 0.15) is 0 Å². The molecule has 0 saturated carbocycles. The lowest BCUT2D eigenvalue weighted by Crippen LogP contribution is -2.45. The molecule has 0 amide bonds. The Hall–Kier alpha value is -0.160. The van der Waals surface area contributed by atoms with Crippen LogP contribution >= 0.6 is 0 Å². The molecule has 4 N–H and O–H groups in total. The zero-order chi connectivity index (χ0) is 14.3. The summed E-state index contributed by atoms with van der Waals surface area (Å²) in [4.78, 5) is 5.03. The van der Waals surface area contributed by atoms with Crippen molar-refractivity contribution in [1.82, 2.24) is 9.80 Å². The minimum absolute atomic E-state index is 0.494. The van der Waals surface area contributed by atoms with E-state index in [0.717, 1.165) is 24.2 Å². The van der Waals surface area contributed by atoms with Crippen LogP contribution < -0.4 is 11.5 Å². The third-order valence-corrected chi connectivity index (χ3v) is 6.27. The van der Waals surface area contributed by atoms with Crippen molar-refractivity contribution in [3.05, 3.63) is 0 Å². The summed E-state index contributed by atoms with van der Waals surface area (Å²) in [6.45, 7) is 0. The van der Waals surface area contributed by atoms with E-state index in [1.165, 1.54) is 51.4 Å². The summed E-state index contributed by atoms with van der Waals surface area (Å²) in [6.07, 6.45) is 10.5. The van der Waals surface area contributed by atoms with E-state index in [4.69, 9.17) is 11.5 Å². The molecule has 0 spiro atoms. The summed E-state index contributed by atoms with van der Waals surface area (Å²) in [6, 6.07) is 4.24. The second-order valence-electron chi connectivity index (χ2n) is 7.56. The summed E-state index contributed by atoms with van der Waals surface area (Å²) in [7, 11) is 4.49. The van der Waals surface area contributed by atoms with Crippen molar-refractivity contribution in [3.63, 3.8) is 0 Å². The SMILES string of the molecule is CN1[C@@H]2CC[C@H]1CC(N)C2.CN1[C@@H]2CC[C@H]1CC(N)C2. The largest absolute Gasteiger partial charge is 0.328 e. The van der Waals surface area contributed by atoms with E-state index in [9.17, 15) is 0 Å². The van der Waals surface area contributed by atoms with Crippen LogP contribution in [-0.2, 0) is 0 Å². The maximum absolute atomic E-state index is 5.89. The van der Waals surface area contributed by atoms with E-state index >= 15 is 0 Å². The average Bonchev–Trinajstić information content (AvgIpc) is 2.77. The first-order valence-electron chi connectivity index (χ1n) is 8.49. The average molecular weight is 280 g/mol. The second kappa shape index (κ2) is 5.91. The maximum Gasteiger partial charge on any atom is 0.0110 e. The van der Waals surface area contributed by atoms with Gasteiger partial charge in [-0.05, 0) is 65.5 Å². The van der Waals surface area contributed by atoms with Crippen LogP contribution in [0.4, 0.5) is 0 Å². The minimum atomic E-state index is 0.494. The molecular formula is C16H32N4. The standard InChI is InChI=1S/2C8H16N2/c2*1-10-7-2-3-8(10)5-6(9)4-7/h2*6-8H,2-5,9H2,1H3/t2*6?,7-,8+. The van der Waals surface area contributed by atoms with Gasteiger partial charge < -0.3 is 21.3 Å². The molecule has 0 aliphatic carbocycles. The first-order valence-corrected chi connectivity index (χ1v) is 8.49. The maximum atomic E-state index is 5.89. The van der Waals surface area contributed by atoms with E-state index in [1.54, 1.807) is 0 Å². The van der Waals surface area contributed by atoms with E-state index in [1.807, 2.05) is 0 Å². The quantitative estimate of drug-likeness (QED) is 0.699. The van der Waals surface area contributed by atoms with Crippen molar-refractivity contribution in [2.75, 3.05) is 14.1 Å². The lowest BCUT2D eigenvalue weighted by molar-refractivity contribution is 0.163. The molecule has 4 saturated heterocycles. The normalized spacial score (nSPS) is 48.0. The molecule has 4 nitrogen and oxygen atoms in total. The van der Waals surface area contributed by atoms with Crippen LogP contribution in [0.5, 0.6) is 0 Å². The second-order valence-corrected chi connectivity index (χ2v) is 7.56. The Bertz CT molecular complexity index is 274. The van der Waals surface area contributed by atoms with Crippen molar-refractivity contribution < 1.29 is 0 Å². The van der Waals surface area contributed by atoms with Crippen LogP contribution in [0.15, 0.2) is 0 Å². The predicted octanol–water partition coefficient (Wildman–Crippen LogP) is 1.14. The molecule has 0 aromatic rings. The van der Waals surface area contributed by atoms with Crippen molar-refractivity contribution in [3.8, 4) is 0 Å². The Kier molecular flexibility index (Phi) is 4.37. The van der Waals surface area contributed by atoms with Gasteiger partial charge in [-0.15, -0.1) is 0 Å². The molecular weight excluding hydrogens is 248 g/mol. The van der Waals surface area contributed by atoms with Crippen LogP contribution in [-0.4, -0.2) is 60.1 Å². The molecule has 4 bridgehead atoms. The van der Waals surface area contributed by atoms with Gasteiger partial charge in [-0.2, -0.15) is 0 Å². The smallest absolute Gasteiger partial charge is 0.0110 e. The molecule has 0 aromatic carbocycles. The third-order valence-electron chi connectivity index (χ3n) is 6.27. The van der Waals surface area contributed by atoms with Gasteiger partial charge in [0.15, 0.2) is 0 Å². The van der Waals surface area contributed by atoms with Gasteiger partial charge in [0.2, 0.25) is 0 Å². The number of piperidine rings is 2. The number of hydrogen-bond acceptors (Lipinski definition) is 4. The van der Waals surface area contributed by atoms with Gasteiger partial charge in [0, 0.05) is 36.3 Å². The highest BCUT2D eigenvalue weighted by atomic mass is 15.2. The van der Waals surface area contributed by atoms with Gasteiger partial charge in [-0.1, -0.05) is 0 Å². The molecule has 4 aliphatic heterocycles. The fourth-order valence-corrected chi connectivity index (χ4v) is 4.91. The highest BCUT2D eigenvalue weighted by molar-refractivity contribution is 4.95. The van der Waals surface area contributed by atoms with E-state index < -0.39 is 0 Å². The summed E-state index contributed by atoms with van der Waals surface area (Å²) in [5.41, 5.74) is 11.8. The van der Waals surface area contributed by atoms with Crippen molar-refractivity contribution in [2.24, 2.45) is 11.5 Å². The summed E-state index contributed by atoms with van der Waals surface area (Å²) < 4.78 is 0. The first-order chi connectivity index (χ1) is 9.54. The fraction of sp³-hybridized carbons (Fsp3) is 1.00. The molecule has 0 radical (unpaired) electrons. The van der Waals surface area contributed by atoms with E-state index in [-0.39, 0.29) is 0 Å². The lowest BCUT2D eigenvalue weighted by Gasteiger charge is -2.34. The highest BCUT2D eigenvalue weighted by Crippen LogP contribution is 2.33. The third kappa shape index (κ3) is 2.89. The Balaban J connectivity index is 0.000000121. The molecule has 6 atom stereocenters. The number of nitrogens with zero attached hydrogens (tertiary/aromatic N) is 2. The van der Waals surface area contributed by atoms with E-state index in [0.29, 0.717) is 12.1 Å². The van der Waals surface area contributed by atoms with Crippen LogP contribution in [0.2, 0.25) is 0 Å². The number of nitrogens with two attached hydrogens (primary N) is 2. The monoisotopic (exact) mass is 280 g/mol. The molecule has 4 heteroatoms. The molecule has 116 valence electrons. The van der Waals surface area contributed by atoms with Gasteiger partial charge in [-0.3, -0.25) is 0 Å². The van der Waals surface area contributed by atoms with Crippen LogP contribution in [0, 0.1) is 0 Å². The zero-order valence-corrected chi connectivity index (χ0v) is 13.2. The van der Waals surface area contributed by atoms with Gasteiger partial charge in [0.05, 0.1) is 0 Å². The molecule has 4 rings (SSSR count). The zero-order valence-electron chi connectivity index (χ0n) is 13.2. The molecule has 4 heterocycles. The Morgan fingerprint density at radius 3 is 1.10 bits per heavy atom. The lowest BCUT2D eigenvalue weighted by atomic mass is 9.99. The molecule has 4 aliphatic rings. The number of rotatable bonds is 0. The van der Waals surface area contributed by atoms with E-state index in [2.05, 4.69) is 23.9 Å². The van der Waals surface area contributed by atoms with Crippen LogP contribution in [0.3, 0.4) is 0 Å². The predicted molar refractivity (Wildman–Crippen MR) is 83.6 cm³/mol. The minimum Gasteiger partial charge on any atom is -0.328 e. The van der Waals surface area contributed by atoms with Crippen molar-refractivity contribution >= 4 is 0 Å². The molecule has 20 heavy (non-hydrogen) atoms. The summed E-state index contributed by atoms with van der Waals surface area (Å²) in [5, 5.41) is 0. The Labute approximate surface area is 123 Å². The number of fused-ring (bicyclic) bond motifs is 4. The van der Waals surface area contributed by atoms with Gasteiger partial charge in [0.25, 0.3) is 0 Å². The molecule has 2 unspecified atom stereocenters. The summed E-state index contributed by atoms with van der Waals surface area (Å²) >= 11 is 0. The highest BCUT2D eigenvalue weighted by Gasteiger charge is 2.37. The first kappa shape index (κ1) is 14.8. The Morgan fingerprint density at radius 1 is 0.600 bits per heavy atom. The Morgan fingerprint density at radius 2 is 0.850 bits per heavy atom. The van der Waals surface area contributed by atoms with Crippen LogP contribution in [0.25, 0.3) is 0 Å². The molecule has 4 fully saturated rings. The summed E-state index contributed by atoms with van der Waals surface area (Å²) in [5.74, 6) is 0. The fourth-order valence-electron chi connectivity index (χ4n) is 4.91. The topological polar surface area (TPSA) is 58.5 Å². The van der Waals surface area contributed by atoms with Gasteiger partial charge in [-0.25, -0.2) is 0 Å². The number of hydrogen-bond donors (Lipinski definition) is 2. The van der Waals surface area contributed by atoms with Crippen molar-refractivity contribution in [2.45, 2.75) is 87.6 Å². The van der Waals surface area contributed by atoms with Crippen molar-refractivity contribution in [1.29, 1.82) is 0 Å². The van der Waals surface area contributed by atoms with Gasteiger partial charge >= 0.3 is 0 Å².